The van der Waals surface area contributed by atoms with E-state index in [2.05, 4.69) is 17.8 Å². The fraction of sp³-hybridized carbons (Fsp3) is 0.409. The highest BCUT2D eigenvalue weighted by atomic mass is 32.1. The smallest absolute Gasteiger partial charge is 0.279 e. The van der Waals surface area contributed by atoms with Crippen LogP contribution in [0.2, 0.25) is 0 Å². The molecular formula is C22H23N3O5S. The summed E-state index contributed by atoms with van der Waals surface area (Å²) in [6, 6.07) is 7.19. The number of benzene rings is 1. The summed E-state index contributed by atoms with van der Waals surface area (Å²) in [4.78, 5) is 41.0. The van der Waals surface area contributed by atoms with Crippen LogP contribution in [0.15, 0.2) is 24.3 Å². The molecule has 0 radical (unpaired) electrons. The molecule has 1 aromatic carbocycles. The Hall–Kier alpha value is -3.07. The number of hydrogen-bond acceptors (Lipinski definition) is 6. The van der Waals surface area contributed by atoms with Crippen LogP contribution >= 0.6 is 11.3 Å². The summed E-state index contributed by atoms with van der Waals surface area (Å²) in [6.07, 6.45) is 3.22. The summed E-state index contributed by atoms with van der Waals surface area (Å²) < 4.78 is 10.7. The van der Waals surface area contributed by atoms with Crippen LogP contribution in [0.4, 0.5) is 5.69 Å². The third-order valence-electron chi connectivity index (χ3n) is 6.02. The SMILES string of the molecule is CC1CCc2sc(C(=O)NNC(=O)C3CC(=O)N(c4ccc5c(c4)OCO5)C3)cc2C1. The summed E-state index contributed by atoms with van der Waals surface area (Å²) >= 11 is 1.49. The van der Waals surface area contributed by atoms with Crippen LogP contribution in [0.5, 0.6) is 11.5 Å². The lowest BCUT2D eigenvalue weighted by molar-refractivity contribution is -0.126. The molecule has 3 aliphatic rings. The number of hydrogen-bond donors (Lipinski definition) is 2. The first-order valence-electron chi connectivity index (χ1n) is 10.4. The molecular weight excluding hydrogens is 418 g/mol. The highest BCUT2D eigenvalue weighted by molar-refractivity contribution is 7.14. The third-order valence-corrected chi connectivity index (χ3v) is 7.25. The number of nitrogens with zero attached hydrogens (tertiary/aromatic N) is 1. The average Bonchev–Trinajstić information content (AvgIpc) is 3.48. The van der Waals surface area contributed by atoms with Crippen molar-refractivity contribution in [1.82, 2.24) is 10.9 Å². The monoisotopic (exact) mass is 441 g/mol. The lowest BCUT2D eigenvalue weighted by atomic mass is 9.90. The average molecular weight is 442 g/mol. The van der Waals surface area contributed by atoms with Crippen LogP contribution in [0.3, 0.4) is 0 Å². The molecule has 1 fully saturated rings. The Morgan fingerprint density at radius 1 is 1.13 bits per heavy atom. The molecule has 1 aromatic heterocycles. The number of ether oxygens (including phenoxy) is 2. The summed E-state index contributed by atoms with van der Waals surface area (Å²) in [5.74, 6) is 0.458. The van der Waals surface area contributed by atoms with E-state index in [9.17, 15) is 14.4 Å². The second-order valence-electron chi connectivity index (χ2n) is 8.29. The third kappa shape index (κ3) is 3.85. The molecule has 1 aliphatic carbocycles. The number of amides is 3. The minimum atomic E-state index is -0.546. The van der Waals surface area contributed by atoms with E-state index in [1.807, 2.05) is 6.07 Å². The summed E-state index contributed by atoms with van der Waals surface area (Å²) in [7, 11) is 0. The number of carbonyl (C=O) groups is 3. The Morgan fingerprint density at radius 2 is 1.97 bits per heavy atom. The molecule has 162 valence electrons. The number of rotatable bonds is 3. The number of anilines is 1. The van der Waals surface area contributed by atoms with Crippen molar-refractivity contribution in [2.75, 3.05) is 18.2 Å². The van der Waals surface area contributed by atoms with Crippen molar-refractivity contribution < 1.29 is 23.9 Å². The maximum Gasteiger partial charge on any atom is 0.279 e. The normalized spacial score (nSPS) is 21.7. The van der Waals surface area contributed by atoms with Crippen LogP contribution < -0.4 is 25.2 Å². The van der Waals surface area contributed by atoms with E-state index >= 15 is 0 Å². The van der Waals surface area contributed by atoms with Gasteiger partial charge in [0.2, 0.25) is 18.6 Å². The van der Waals surface area contributed by atoms with Gasteiger partial charge in [-0.25, -0.2) is 0 Å². The quantitative estimate of drug-likeness (QED) is 0.713. The maximum atomic E-state index is 12.6. The highest BCUT2D eigenvalue weighted by Gasteiger charge is 2.36. The highest BCUT2D eigenvalue weighted by Crippen LogP contribution is 2.37. The molecule has 9 heteroatoms. The molecule has 31 heavy (non-hydrogen) atoms. The standard InChI is InChI=1S/C22H23N3O5S/c1-12-2-5-18-13(6-12)7-19(31-18)22(28)24-23-21(27)14-8-20(26)25(10-14)15-3-4-16-17(9-15)30-11-29-16/h3-4,7,9,12,14H,2,5-6,8,10-11H2,1H3,(H,23,27)(H,24,28). The molecule has 0 spiro atoms. The molecule has 2 unspecified atom stereocenters. The lowest BCUT2D eigenvalue weighted by Crippen LogP contribution is -2.45. The predicted molar refractivity (Wildman–Crippen MR) is 114 cm³/mol. The fourth-order valence-corrected chi connectivity index (χ4v) is 5.39. The fourth-order valence-electron chi connectivity index (χ4n) is 4.29. The number of carbonyl (C=O) groups excluding carboxylic acids is 3. The van der Waals surface area contributed by atoms with Gasteiger partial charge in [0.1, 0.15) is 0 Å². The van der Waals surface area contributed by atoms with Crippen LogP contribution in [0.1, 0.15) is 39.9 Å². The Bertz CT molecular complexity index is 1070. The summed E-state index contributed by atoms with van der Waals surface area (Å²) in [5.41, 5.74) is 6.89. The van der Waals surface area contributed by atoms with Gasteiger partial charge >= 0.3 is 0 Å². The van der Waals surface area contributed by atoms with Gasteiger partial charge < -0.3 is 14.4 Å². The number of thiophene rings is 1. The molecule has 2 N–H and O–H groups in total. The molecule has 0 bridgehead atoms. The first-order chi connectivity index (χ1) is 15.0. The van der Waals surface area contributed by atoms with Crippen molar-refractivity contribution in [2.24, 2.45) is 11.8 Å². The van der Waals surface area contributed by atoms with Crippen molar-refractivity contribution in [2.45, 2.75) is 32.6 Å². The summed E-state index contributed by atoms with van der Waals surface area (Å²) in [5, 5.41) is 0. The molecule has 1 saturated heterocycles. The van der Waals surface area contributed by atoms with Crippen molar-refractivity contribution in [1.29, 1.82) is 0 Å². The Kier molecular flexibility index (Phi) is 5.05. The molecule has 2 atom stereocenters. The van der Waals surface area contributed by atoms with E-state index < -0.39 is 5.92 Å². The second-order valence-corrected chi connectivity index (χ2v) is 9.43. The topological polar surface area (TPSA) is 97.0 Å². The van der Waals surface area contributed by atoms with Crippen molar-refractivity contribution in [3.63, 3.8) is 0 Å². The first kappa shape index (κ1) is 19.9. The molecule has 8 nitrogen and oxygen atoms in total. The maximum absolute atomic E-state index is 12.6. The largest absolute Gasteiger partial charge is 0.454 e. The van der Waals surface area contributed by atoms with Gasteiger partial charge in [-0.15, -0.1) is 11.3 Å². The molecule has 2 aliphatic heterocycles. The van der Waals surface area contributed by atoms with Gasteiger partial charge in [-0.1, -0.05) is 6.92 Å². The molecule has 3 amide bonds. The number of aryl methyl sites for hydroxylation is 1. The van der Waals surface area contributed by atoms with Crippen LogP contribution in [-0.4, -0.2) is 31.1 Å². The Balaban J connectivity index is 1.18. The van der Waals surface area contributed by atoms with Gasteiger partial charge in [0, 0.05) is 29.6 Å². The van der Waals surface area contributed by atoms with Gasteiger partial charge in [0.05, 0.1) is 10.8 Å². The van der Waals surface area contributed by atoms with E-state index in [0.717, 1.165) is 19.3 Å². The number of hydrazine groups is 1. The van der Waals surface area contributed by atoms with Gasteiger partial charge in [0.15, 0.2) is 11.5 Å². The zero-order valence-corrected chi connectivity index (χ0v) is 17.9. The second kappa shape index (κ2) is 7.88. The predicted octanol–water partition coefficient (Wildman–Crippen LogP) is 2.42. The zero-order valence-electron chi connectivity index (χ0n) is 17.1. The minimum absolute atomic E-state index is 0.0847. The minimum Gasteiger partial charge on any atom is -0.454 e. The Morgan fingerprint density at radius 3 is 2.84 bits per heavy atom. The van der Waals surface area contributed by atoms with Crippen LogP contribution in [0.25, 0.3) is 0 Å². The van der Waals surface area contributed by atoms with Crippen LogP contribution in [-0.2, 0) is 22.4 Å². The van der Waals surface area contributed by atoms with Gasteiger partial charge in [-0.2, -0.15) is 0 Å². The van der Waals surface area contributed by atoms with Gasteiger partial charge in [-0.05, 0) is 48.9 Å². The summed E-state index contributed by atoms with van der Waals surface area (Å²) in [6.45, 7) is 2.62. The van der Waals surface area contributed by atoms with Crippen molar-refractivity contribution in [3.05, 3.63) is 39.6 Å². The van der Waals surface area contributed by atoms with E-state index in [1.54, 1.807) is 23.1 Å². The van der Waals surface area contributed by atoms with E-state index in [4.69, 9.17) is 9.47 Å². The van der Waals surface area contributed by atoms with Crippen LogP contribution in [0, 0.1) is 11.8 Å². The number of nitrogens with one attached hydrogen (secondary N) is 2. The van der Waals surface area contributed by atoms with E-state index in [0.29, 0.717) is 28.0 Å². The molecule has 2 aromatic rings. The molecule has 5 rings (SSSR count). The van der Waals surface area contributed by atoms with Gasteiger partial charge in [-0.3, -0.25) is 25.2 Å². The number of fused-ring (bicyclic) bond motifs is 2. The first-order valence-corrected chi connectivity index (χ1v) is 11.2. The molecule has 3 heterocycles. The lowest BCUT2D eigenvalue weighted by Gasteiger charge is -2.17. The Labute approximate surface area is 183 Å². The van der Waals surface area contributed by atoms with E-state index in [1.165, 1.54) is 21.8 Å². The van der Waals surface area contributed by atoms with Crippen molar-refractivity contribution >= 4 is 34.7 Å². The van der Waals surface area contributed by atoms with Crippen molar-refractivity contribution in [3.8, 4) is 11.5 Å². The molecule has 0 saturated carbocycles. The van der Waals surface area contributed by atoms with E-state index in [-0.39, 0.29) is 37.5 Å². The zero-order chi connectivity index (χ0) is 21.5. The van der Waals surface area contributed by atoms with Gasteiger partial charge in [0.25, 0.3) is 5.91 Å².